The molecule has 6 heteroatoms. The number of fused-ring (bicyclic) bond motifs is 2. The van der Waals surface area contributed by atoms with Crippen LogP contribution in [0.25, 0.3) is 5.70 Å². The molecule has 0 radical (unpaired) electrons. The van der Waals surface area contributed by atoms with Crippen LogP contribution in [0.15, 0.2) is 89.6 Å². The average molecular weight is 480 g/mol. The van der Waals surface area contributed by atoms with Crippen molar-refractivity contribution in [2.75, 3.05) is 6.61 Å². The maximum absolute atomic E-state index is 13.6. The van der Waals surface area contributed by atoms with Gasteiger partial charge in [-0.2, -0.15) is 0 Å². The van der Waals surface area contributed by atoms with Crippen LogP contribution in [-0.2, 0) is 9.53 Å². The summed E-state index contributed by atoms with van der Waals surface area (Å²) in [5.74, 6) is -1.49. The van der Waals surface area contributed by atoms with E-state index >= 15 is 0 Å². The molecule has 1 unspecified atom stereocenters. The van der Waals surface area contributed by atoms with Crippen LogP contribution in [0.2, 0.25) is 0 Å². The highest BCUT2D eigenvalue weighted by molar-refractivity contribution is 6.23. The van der Waals surface area contributed by atoms with E-state index in [1.807, 2.05) is 43.3 Å². The summed E-state index contributed by atoms with van der Waals surface area (Å²) in [6.07, 6.45) is 0. The van der Waals surface area contributed by atoms with Gasteiger partial charge in [0, 0.05) is 28.3 Å². The minimum atomic E-state index is -0.682. The summed E-state index contributed by atoms with van der Waals surface area (Å²) in [6.45, 7) is 5.69. The van der Waals surface area contributed by atoms with Gasteiger partial charge in [-0.05, 0) is 50.6 Å². The molecule has 6 nitrogen and oxygen atoms in total. The van der Waals surface area contributed by atoms with E-state index in [0.717, 1.165) is 11.1 Å². The summed E-state index contributed by atoms with van der Waals surface area (Å²) >= 11 is 0. The molecule has 1 heterocycles. The first-order valence-electron chi connectivity index (χ1n) is 11.8. The highest BCUT2D eigenvalue weighted by Gasteiger charge is 2.43. The van der Waals surface area contributed by atoms with Crippen molar-refractivity contribution in [1.82, 2.24) is 5.32 Å². The number of esters is 2. The lowest BCUT2D eigenvalue weighted by atomic mass is 9.80. The van der Waals surface area contributed by atoms with Crippen molar-refractivity contribution >= 4 is 23.4 Å². The predicted octanol–water partition coefficient (Wildman–Crippen LogP) is 5.35. The first kappa shape index (κ1) is 23.3. The van der Waals surface area contributed by atoms with Crippen molar-refractivity contribution in [1.29, 1.82) is 0 Å². The average Bonchev–Trinajstić information content (AvgIpc) is 3.15. The number of rotatable bonds is 5. The fourth-order valence-corrected chi connectivity index (χ4v) is 4.75. The Morgan fingerprint density at radius 2 is 1.61 bits per heavy atom. The van der Waals surface area contributed by atoms with E-state index in [9.17, 15) is 14.4 Å². The van der Waals surface area contributed by atoms with E-state index in [1.165, 1.54) is 0 Å². The SMILES string of the molecule is CCOC(=O)C1=C(C)NC2=C(C(=O)c3ccccc32)C1c1cccc(OC(=O)c2ccc(C)cc2)c1. The van der Waals surface area contributed by atoms with E-state index in [2.05, 4.69) is 5.32 Å². The molecule has 1 aliphatic carbocycles. The molecule has 36 heavy (non-hydrogen) atoms. The molecule has 1 atom stereocenters. The lowest BCUT2D eigenvalue weighted by Crippen LogP contribution is -2.29. The number of allylic oxidation sites excluding steroid dienone is 2. The van der Waals surface area contributed by atoms with E-state index in [1.54, 1.807) is 50.2 Å². The van der Waals surface area contributed by atoms with Gasteiger partial charge >= 0.3 is 11.9 Å². The second kappa shape index (κ2) is 9.30. The van der Waals surface area contributed by atoms with E-state index in [-0.39, 0.29) is 12.4 Å². The van der Waals surface area contributed by atoms with Crippen molar-refractivity contribution in [2.24, 2.45) is 0 Å². The van der Waals surface area contributed by atoms with Crippen molar-refractivity contribution in [3.05, 3.63) is 117 Å². The molecule has 0 fully saturated rings. The Morgan fingerprint density at radius 1 is 0.889 bits per heavy atom. The Morgan fingerprint density at radius 3 is 2.33 bits per heavy atom. The number of hydrogen-bond donors (Lipinski definition) is 1. The largest absolute Gasteiger partial charge is 0.463 e. The van der Waals surface area contributed by atoms with Crippen LogP contribution in [0.3, 0.4) is 0 Å². The van der Waals surface area contributed by atoms with Crippen molar-refractivity contribution in [3.63, 3.8) is 0 Å². The Kier molecular flexibility index (Phi) is 6.02. The zero-order chi connectivity index (χ0) is 25.4. The minimum Gasteiger partial charge on any atom is -0.463 e. The number of Topliss-reactive ketones (excluding diaryl/α,β-unsaturated/α-hetero) is 1. The van der Waals surface area contributed by atoms with Gasteiger partial charge in [-0.1, -0.05) is 54.1 Å². The van der Waals surface area contributed by atoms with Crippen LogP contribution >= 0.6 is 0 Å². The van der Waals surface area contributed by atoms with Crippen LogP contribution in [-0.4, -0.2) is 24.3 Å². The Labute approximate surface area is 209 Å². The molecule has 0 aromatic heterocycles. The molecule has 180 valence electrons. The van der Waals surface area contributed by atoms with Gasteiger partial charge in [0.25, 0.3) is 0 Å². The fourth-order valence-electron chi connectivity index (χ4n) is 4.75. The summed E-state index contributed by atoms with van der Waals surface area (Å²) in [6, 6.07) is 21.5. The molecule has 0 bridgehead atoms. The molecular formula is C30H25NO5. The normalized spacial score (nSPS) is 16.3. The first-order chi connectivity index (χ1) is 17.4. The van der Waals surface area contributed by atoms with Crippen LogP contribution in [0.4, 0.5) is 0 Å². The number of carbonyl (C=O) groups is 3. The molecule has 5 rings (SSSR count). The standard InChI is InChI=1S/C30H25NO5/c1-4-35-30(34)24-18(3)31-27-22-10-5-6-11-23(22)28(32)26(27)25(24)20-8-7-9-21(16-20)36-29(33)19-14-12-17(2)13-15-19/h5-16,25,31H,4H2,1-3H3. The number of nitrogens with one attached hydrogen (secondary N) is 1. The monoisotopic (exact) mass is 479 g/mol. The molecule has 1 aliphatic heterocycles. The highest BCUT2D eigenvalue weighted by atomic mass is 16.5. The summed E-state index contributed by atoms with van der Waals surface area (Å²) in [4.78, 5) is 39.4. The third-order valence-electron chi connectivity index (χ3n) is 6.43. The molecule has 0 spiro atoms. The zero-order valence-electron chi connectivity index (χ0n) is 20.3. The maximum atomic E-state index is 13.6. The number of aryl methyl sites for hydroxylation is 1. The van der Waals surface area contributed by atoms with E-state index in [4.69, 9.17) is 9.47 Å². The zero-order valence-corrected chi connectivity index (χ0v) is 20.3. The number of hydrogen-bond acceptors (Lipinski definition) is 6. The molecule has 2 aliphatic rings. The second-order valence-corrected chi connectivity index (χ2v) is 8.81. The van der Waals surface area contributed by atoms with Crippen LogP contribution < -0.4 is 10.1 Å². The number of benzene rings is 3. The Bertz CT molecular complexity index is 1460. The number of carbonyl (C=O) groups excluding carboxylic acids is 3. The summed E-state index contributed by atoms with van der Waals surface area (Å²) in [5, 5.41) is 3.28. The second-order valence-electron chi connectivity index (χ2n) is 8.81. The fraction of sp³-hybridized carbons (Fsp3) is 0.167. The molecular weight excluding hydrogens is 454 g/mol. The maximum Gasteiger partial charge on any atom is 0.343 e. The predicted molar refractivity (Wildman–Crippen MR) is 135 cm³/mol. The van der Waals surface area contributed by atoms with Crippen molar-refractivity contribution < 1.29 is 23.9 Å². The molecule has 0 amide bonds. The molecule has 3 aromatic carbocycles. The third-order valence-corrected chi connectivity index (χ3v) is 6.43. The molecule has 0 saturated heterocycles. The Balaban J connectivity index is 1.57. The van der Waals surface area contributed by atoms with Gasteiger partial charge in [0.2, 0.25) is 0 Å². The lowest BCUT2D eigenvalue weighted by molar-refractivity contribution is -0.138. The number of ether oxygens (including phenoxy) is 2. The topological polar surface area (TPSA) is 81.7 Å². The van der Waals surface area contributed by atoms with Gasteiger partial charge in [0.1, 0.15) is 5.75 Å². The Hall–Kier alpha value is -4.45. The molecule has 3 aromatic rings. The van der Waals surface area contributed by atoms with E-state index < -0.39 is 17.9 Å². The lowest BCUT2D eigenvalue weighted by Gasteiger charge is -2.29. The van der Waals surface area contributed by atoms with E-state index in [0.29, 0.717) is 45.0 Å². The highest BCUT2D eigenvalue weighted by Crippen LogP contribution is 2.47. The van der Waals surface area contributed by atoms with Gasteiger partial charge in [-0.25, -0.2) is 9.59 Å². The summed E-state index contributed by atoms with van der Waals surface area (Å²) in [7, 11) is 0. The third kappa shape index (κ3) is 4.01. The quantitative estimate of drug-likeness (QED) is 0.393. The van der Waals surface area contributed by atoms with Crippen LogP contribution in [0.5, 0.6) is 5.75 Å². The summed E-state index contributed by atoms with van der Waals surface area (Å²) in [5.41, 5.74) is 5.65. The minimum absolute atomic E-state index is 0.144. The van der Waals surface area contributed by atoms with Crippen LogP contribution in [0, 0.1) is 6.92 Å². The van der Waals surface area contributed by atoms with Crippen LogP contribution in [0.1, 0.15) is 57.2 Å². The molecule has 0 saturated carbocycles. The number of ketones is 1. The van der Waals surface area contributed by atoms with Gasteiger partial charge in [-0.15, -0.1) is 0 Å². The summed E-state index contributed by atoms with van der Waals surface area (Å²) < 4.78 is 11.0. The van der Waals surface area contributed by atoms with Gasteiger partial charge in [0.15, 0.2) is 5.78 Å². The molecule has 1 N–H and O–H groups in total. The van der Waals surface area contributed by atoms with Crippen molar-refractivity contribution in [3.8, 4) is 5.75 Å². The first-order valence-corrected chi connectivity index (χ1v) is 11.8. The van der Waals surface area contributed by atoms with Gasteiger partial charge < -0.3 is 14.8 Å². The van der Waals surface area contributed by atoms with Gasteiger partial charge in [-0.3, -0.25) is 4.79 Å². The van der Waals surface area contributed by atoms with Crippen molar-refractivity contribution in [2.45, 2.75) is 26.7 Å². The van der Waals surface area contributed by atoms with Gasteiger partial charge in [0.05, 0.1) is 23.4 Å². The number of dihydropyridines is 1. The smallest absolute Gasteiger partial charge is 0.343 e.